The van der Waals surface area contributed by atoms with Crippen molar-refractivity contribution in [2.45, 2.75) is 18.9 Å². The van der Waals surface area contributed by atoms with E-state index in [2.05, 4.69) is 20.1 Å². The maximum absolute atomic E-state index is 12.6. The van der Waals surface area contributed by atoms with E-state index in [-0.39, 0.29) is 12.1 Å². The molecule has 9 nitrogen and oxygen atoms in total. The molecule has 0 aliphatic carbocycles. The minimum Gasteiger partial charge on any atom is -0.323 e. The van der Waals surface area contributed by atoms with Gasteiger partial charge in [-0.05, 0) is 31.0 Å². The first-order chi connectivity index (χ1) is 11.9. The second kappa shape index (κ2) is 7.19. The van der Waals surface area contributed by atoms with Crippen molar-refractivity contribution in [1.29, 1.82) is 0 Å². The molecule has 1 unspecified atom stereocenters. The van der Waals surface area contributed by atoms with Gasteiger partial charge in [0.25, 0.3) is 0 Å². The van der Waals surface area contributed by atoms with Crippen LogP contribution in [0.4, 0.5) is 10.5 Å². The number of piperidine rings is 1. The molecule has 25 heavy (non-hydrogen) atoms. The van der Waals surface area contributed by atoms with Crippen LogP contribution in [0.5, 0.6) is 0 Å². The fourth-order valence-electron chi connectivity index (χ4n) is 2.83. The first kappa shape index (κ1) is 17.4. The highest BCUT2D eigenvalue weighted by atomic mass is 32.2. The molecule has 0 radical (unpaired) electrons. The minimum atomic E-state index is -3.30. The van der Waals surface area contributed by atoms with Gasteiger partial charge >= 0.3 is 6.03 Å². The average Bonchev–Trinajstić information content (AvgIpc) is 3.08. The Balaban J connectivity index is 1.70. The number of nitrogens with zero attached hydrogens (tertiary/aromatic N) is 4. The molecule has 2 N–H and O–H groups in total. The van der Waals surface area contributed by atoms with E-state index in [0.29, 0.717) is 31.0 Å². The Kier molecular flexibility index (Phi) is 5.00. The monoisotopic (exact) mass is 364 g/mol. The van der Waals surface area contributed by atoms with Crippen molar-refractivity contribution in [1.82, 2.24) is 24.4 Å². The van der Waals surface area contributed by atoms with Crippen LogP contribution in [0.15, 0.2) is 36.8 Å². The third-order valence-corrected chi connectivity index (χ3v) is 4.60. The zero-order valence-corrected chi connectivity index (χ0v) is 14.6. The van der Waals surface area contributed by atoms with Crippen LogP contribution in [0.3, 0.4) is 0 Å². The lowest BCUT2D eigenvalue weighted by atomic mass is 10.1. The van der Waals surface area contributed by atoms with Crippen molar-refractivity contribution in [3.63, 3.8) is 0 Å². The molecule has 10 heteroatoms. The molecule has 3 heterocycles. The van der Waals surface area contributed by atoms with Gasteiger partial charge in [0, 0.05) is 37.7 Å². The van der Waals surface area contributed by atoms with E-state index >= 15 is 0 Å². The standard InChI is InChI=1S/C15H20N6O3S/c1-25(23,24)19-12-5-3-9-20(11-12)15(22)18-13-6-2-7-16-14(13)21-10-4-8-17-21/h2,4,6-8,10,12,19H,3,5,9,11H2,1H3,(H,18,22). The zero-order valence-electron chi connectivity index (χ0n) is 13.8. The number of pyridine rings is 1. The lowest BCUT2D eigenvalue weighted by Gasteiger charge is -2.32. The summed E-state index contributed by atoms with van der Waals surface area (Å²) in [6.07, 6.45) is 7.57. The van der Waals surface area contributed by atoms with E-state index in [0.717, 1.165) is 12.7 Å². The number of aromatic nitrogens is 3. The van der Waals surface area contributed by atoms with Crippen LogP contribution in [0.1, 0.15) is 12.8 Å². The molecule has 0 spiro atoms. The van der Waals surface area contributed by atoms with Gasteiger partial charge in [-0.1, -0.05) is 0 Å². The molecule has 0 aromatic carbocycles. The van der Waals surface area contributed by atoms with E-state index in [4.69, 9.17) is 0 Å². The van der Waals surface area contributed by atoms with Gasteiger partial charge in [0.1, 0.15) is 0 Å². The number of urea groups is 1. The van der Waals surface area contributed by atoms with Gasteiger partial charge in [0.2, 0.25) is 10.0 Å². The largest absolute Gasteiger partial charge is 0.323 e. The van der Waals surface area contributed by atoms with Crippen LogP contribution in [0.25, 0.3) is 5.82 Å². The van der Waals surface area contributed by atoms with Crippen LogP contribution in [-0.4, -0.2) is 59.5 Å². The maximum Gasteiger partial charge on any atom is 0.322 e. The highest BCUT2D eigenvalue weighted by molar-refractivity contribution is 7.88. The number of likely N-dealkylation sites (tertiary alicyclic amines) is 1. The van der Waals surface area contributed by atoms with Gasteiger partial charge in [0.05, 0.1) is 11.9 Å². The highest BCUT2D eigenvalue weighted by Gasteiger charge is 2.26. The molecule has 0 saturated carbocycles. The summed E-state index contributed by atoms with van der Waals surface area (Å²) in [7, 11) is -3.30. The topological polar surface area (TPSA) is 109 Å². The second-order valence-electron chi connectivity index (χ2n) is 5.93. The van der Waals surface area contributed by atoms with Gasteiger partial charge in [-0.25, -0.2) is 27.6 Å². The summed E-state index contributed by atoms with van der Waals surface area (Å²) in [5, 5.41) is 6.97. The Morgan fingerprint density at radius 1 is 1.32 bits per heavy atom. The van der Waals surface area contributed by atoms with Gasteiger partial charge in [-0.15, -0.1) is 0 Å². The summed E-state index contributed by atoms with van der Waals surface area (Å²) >= 11 is 0. The van der Waals surface area contributed by atoms with Crippen molar-refractivity contribution in [3.05, 3.63) is 36.8 Å². The second-order valence-corrected chi connectivity index (χ2v) is 7.71. The fourth-order valence-corrected chi connectivity index (χ4v) is 3.62. The van der Waals surface area contributed by atoms with Gasteiger partial charge < -0.3 is 10.2 Å². The van der Waals surface area contributed by atoms with Crippen LogP contribution in [0, 0.1) is 0 Å². The van der Waals surface area contributed by atoms with E-state index < -0.39 is 10.0 Å². The number of sulfonamides is 1. The first-order valence-corrected chi connectivity index (χ1v) is 9.80. The lowest BCUT2D eigenvalue weighted by molar-refractivity contribution is 0.190. The van der Waals surface area contributed by atoms with E-state index in [1.807, 2.05) is 0 Å². The number of amides is 2. The molecule has 1 saturated heterocycles. The minimum absolute atomic E-state index is 0.269. The zero-order chi connectivity index (χ0) is 17.9. The summed E-state index contributed by atoms with van der Waals surface area (Å²) in [5.41, 5.74) is 0.536. The molecule has 134 valence electrons. The number of hydrogen-bond donors (Lipinski definition) is 2. The Morgan fingerprint density at radius 3 is 2.88 bits per heavy atom. The van der Waals surface area contributed by atoms with Crippen LogP contribution in [-0.2, 0) is 10.0 Å². The molecule has 1 fully saturated rings. The number of hydrogen-bond acceptors (Lipinski definition) is 5. The van der Waals surface area contributed by atoms with Crippen molar-refractivity contribution in [2.75, 3.05) is 24.7 Å². The third-order valence-electron chi connectivity index (χ3n) is 3.84. The van der Waals surface area contributed by atoms with Gasteiger partial charge in [-0.3, -0.25) is 0 Å². The molecule has 0 bridgehead atoms. The highest BCUT2D eigenvalue weighted by Crippen LogP contribution is 2.18. The Hall–Kier alpha value is -2.46. The normalized spacial score (nSPS) is 18.1. The Labute approximate surface area is 146 Å². The number of carbonyl (C=O) groups is 1. The Bertz CT molecular complexity index is 837. The van der Waals surface area contributed by atoms with Crippen LogP contribution in [0.2, 0.25) is 0 Å². The smallest absolute Gasteiger partial charge is 0.322 e. The Morgan fingerprint density at radius 2 is 2.16 bits per heavy atom. The van der Waals surface area contributed by atoms with Gasteiger partial charge in [0.15, 0.2) is 5.82 Å². The molecule has 1 atom stereocenters. The summed E-state index contributed by atoms with van der Waals surface area (Å²) in [6, 6.07) is 4.69. The molecule has 1 aliphatic heterocycles. The number of nitrogens with one attached hydrogen (secondary N) is 2. The van der Waals surface area contributed by atoms with Crippen molar-refractivity contribution < 1.29 is 13.2 Å². The number of rotatable bonds is 4. The molecular weight excluding hydrogens is 344 g/mol. The van der Waals surface area contributed by atoms with Crippen molar-refractivity contribution >= 4 is 21.7 Å². The summed E-state index contributed by atoms with van der Waals surface area (Å²) in [4.78, 5) is 18.4. The van der Waals surface area contributed by atoms with E-state index in [1.54, 1.807) is 46.4 Å². The molecule has 3 rings (SSSR count). The quantitative estimate of drug-likeness (QED) is 0.834. The molecular formula is C15H20N6O3S. The average molecular weight is 364 g/mol. The molecule has 2 aromatic heterocycles. The summed E-state index contributed by atoms with van der Waals surface area (Å²) < 4.78 is 26.9. The first-order valence-electron chi connectivity index (χ1n) is 7.90. The number of carbonyl (C=O) groups excluding carboxylic acids is 1. The van der Waals surface area contributed by atoms with Crippen molar-refractivity contribution in [3.8, 4) is 5.82 Å². The maximum atomic E-state index is 12.6. The van der Waals surface area contributed by atoms with E-state index in [1.165, 1.54) is 0 Å². The fraction of sp³-hybridized carbons (Fsp3) is 0.400. The van der Waals surface area contributed by atoms with Crippen LogP contribution < -0.4 is 10.0 Å². The molecule has 2 aromatic rings. The van der Waals surface area contributed by atoms with Crippen LogP contribution >= 0.6 is 0 Å². The molecule has 1 aliphatic rings. The predicted molar refractivity (Wildman–Crippen MR) is 93.0 cm³/mol. The number of anilines is 1. The van der Waals surface area contributed by atoms with Gasteiger partial charge in [-0.2, -0.15) is 5.10 Å². The summed E-state index contributed by atoms with van der Waals surface area (Å²) in [5.74, 6) is 0.517. The molecule has 2 amide bonds. The van der Waals surface area contributed by atoms with Crippen molar-refractivity contribution in [2.24, 2.45) is 0 Å². The lowest BCUT2D eigenvalue weighted by Crippen LogP contribution is -2.50. The summed E-state index contributed by atoms with van der Waals surface area (Å²) in [6.45, 7) is 0.904. The third kappa shape index (κ3) is 4.54. The van der Waals surface area contributed by atoms with E-state index in [9.17, 15) is 13.2 Å². The predicted octanol–water partition coefficient (Wildman–Crippen LogP) is 0.813. The SMILES string of the molecule is CS(=O)(=O)NC1CCCN(C(=O)Nc2cccnc2-n2cccn2)C1.